The highest BCUT2D eigenvalue weighted by Crippen LogP contribution is 2.33. The molecule has 98 valence electrons. The molecule has 1 N–H and O–H groups in total. The second kappa shape index (κ2) is 5.19. The first-order valence-corrected chi connectivity index (χ1v) is 8.09. The fourth-order valence-corrected chi connectivity index (χ4v) is 4.12. The molecule has 1 aromatic rings. The molecule has 2 aliphatic rings. The van der Waals surface area contributed by atoms with Crippen LogP contribution in [-0.4, -0.2) is 29.7 Å². The van der Waals surface area contributed by atoms with Crippen LogP contribution in [0.2, 0.25) is 5.02 Å². The van der Waals surface area contributed by atoms with E-state index in [4.69, 9.17) is 16.3 Å². The van der Waals surface area contributed by atoms with E-state index in [0.29, 0.717) is 18.3 Å². The fourth-order valence-electron chi connectivity index (χ4n) is 2.41. The zero-order chi connectivity index (χ0) is 12.5. The van der Waals surface area contributed by atoms with Crippen molar-refractivity contribution >= 4 is 22.4 Å². The molecule has 3 rings (SSSR count). The molecule has 0 amide bonds. The number of rotatable bonds is 4. The van der Waals surface area contributed by atoms with Crippen LogP contribution in [0.25, 0.3) is 0 Å². The Hall–Kier alpha value is -0.580. The summed E-state index contributed by atoms with van der Waals surface area (Å²) in [5.74, 6) is 2.81. The van der Waals surface area contributed by atoms with Crippen LogP contribution in [0.3, 0.4) is 0 Å². The van der Waals surface area contributed by atoms with Crippen LogP contribution in [0.15, 0.2) is 12.1 Å². The van der Waals surface area contributed by atoms with E-state index < -0.39 is 10.8 Å². The summed E-state index contributed by atoms with van der Waals surface area (Å²) in [4.78, 5) is 0. The third-order valence-electron chi connectivity index (χ3n) is 3.43. The van der Waals surface area contributed by atoms with Crippen molar-refractivity contribution in [1.29, 1.82) is 0 Å². The predicted molar refractivity (Wildman–Crippen MR) is 73.7 cm³/mol. The largest absolute Gasteiger partial charge is 0.493 e. The van der Waals surface area contributed by atoms with Crippen molar-refractivity contribution in [3.8, 4) is 5.75 Å². The van der Waals surface area contributed by atoms with E-state index in [2.05, 4.69) is 5.32 Å². The maximum absolute atomic E-state index is 12.1. The van der Waals surface area contributed by atoms with Gasteiger partial charge in [-0.2, -0.15) is 0 Å². The Balaban J connectivity index is 1.73. The third kappa shape index (κ3) is 2.56. The van der Waals surface area contributed by atoms with Crippen LogP contribution in [0, 0.1) is 5.92 Å². The molecule has 1 saturated heterocycles. The third-order valence-corrected chi connectivity index (χ3v) is 5.12. The Morgan fingerprint density at radius 3 is 3.00 bits per heavy atom. The minimum absolute atomic E-state index is 0.555. The number of hydrogen-bond acceptors (Lipinski definition) is 3. The second-order valence-electron chi connectivity index (χ2n) is 4.93. The molecule has 0 aromatic heterocycles. The van der Waals surface area contributed by atoms with Crippen molar-refractivity contribution in [3.05, 3.63) is 28.3 Å². The second-order valence-corrected chi connectivity index (χ2v) is 6.86. The molecule has 2 aliphatic heterocycles. The summed E-state index contributed by atoms with van der Waals surface area (Å²) in [6, 6.07) is 3.84. The average molecular weight is 286 g/mol. The maximum Gasteiger partial charge on any atom is 0.126 e. The number of nitrogens with one attached hydrogen (secondary N) is 1. The summed E-state index contributed by atoms with van der Waals surface area (Å²) in [6.45, 7) is 2.70. The fraction of sp³-hybridized carbons (Fsp3) is 0.538. The minimum atomic E-state index is -0.829. The minimum Gasteiger partial charge on any atom is -0.493 e. The highest BCUT2D eigenvalue weighted by molar-refractivity contribution is 7.84. The van der Waals surface area contributed by atoms with Gasteiger partial charge in [0.05, 0.1) is 12.4 Å². The summed E-state index contributed by atoms with van der Waals surface area (Å²) >= 11 is 6.09. The Bertz CT molecular complexity index is 488. The van der Waals surface area contributed by atoms with Crippen molar-refractivity contribution < 1.29 is 8.95 Å². The SMILES string of the molecule is O=S(Cc1cc(Cl)cc2c1OCC2)CC1CNC1. The normalized spacial score (nSPS) is 20.1. The molecule has 3 nitrogen and oxygen atoms in total. The highest BCUT2D eigenvalue weighted by atomic mass is 35.5. The van der Waals surface area contributed by atoms with Gasteiger partial charge >= 0.3 is 0 Å². The molecule has 1 aromatic carbocycles. The lowest BCUT2D eigenvalue weighted by atomic mass is 10.1. The van der Waals surface area contributed by atoms with Crippen molar-refractivity contribution in [2.75, 3.05) is 25.4 Å². The summed E-state index contributed by atoms with van der Waals surface area (Å²) < 4.78 is 17.7. The summed E-state index contributed by atoms with van der Waals surface area (Å²) in [5, 5.41) is 3.92. The Kier molecular flexibility index (Phi) is 3.59. The van der Waals surface area contributed by atoms with Gasteiger partial charge in [-0.05, 0) is 23.6 Å². The summed E-state index contributed by atoms with van der Waals surface area (Å²) in [7, 11) is -0.829. The van der Waals surface area contributed by atoms with Gasteiger partial charge in [-0.1, -0.05) is 11.6 Å². The molecule has 18 heavy (non-hydrogen) atoms. The van der Waals surface area contributed by atoms with Crippen LogP contribution in [0.5, 0.6) is 5.75 Å². The Morgan fingerprint density at radius 1 is 1.44 bits per heavy atom. The van der Waals surface area contributed by atoms with E-state index >= 15 is 0 Å². The first-order valence-electron chi connectivity index (χ1n) is 6.22. The van der Waals surface area contributed by atoms with Gasteiger partial charge in [0.2, 0.25) is 0 Å². The average Bonchev–Trinajstić information content (AvgIpc) is 2.71. The van der Waals surface area contributed by atoms with E-state index in [1.54, 1.807) is 0 Å². The molecular weight excluding hydrogens is 270 g/mol. The molecular formula is C13H16ClNO2S. The summed E-state index contributed by atoms with van der Waals surface area (Å²) in [6.07, 6.45) is 0.905. The Labute approximate surface area is 114 Å². The van der Waals surface area contributed by atoms with Crippen molar-refractivity contribution in [2.24, 2.45) is 5.92 Å². The van der Waals surface area contributed by atoms with E-state index in [-0.39, 0.29) is 0 Å². The topological polar surface area (TPSA) is 38.3 Å². The molecule has 0 radical (unpaired) electrons. The summed E-state index contributed by atoms with van der Waals surface area (Å²) in [5.41, 5.74) is 2.15. The molecule has 0 saturated carbocycles. The number of halogens is 1. The molecule has 0 aliphatic carbocycles. The van der Waals surface area contributed by atoms with Gasteiger partial charge in [0.25, 0.3) is 0 Å². The van der Waals surface area contributed by atoms with E-state index in [0.717, 1.165) is 47.2 Å². The van der Waals surface area contributed by atoms with E-state index in [1.807, 2.05) is 12.1 Å². The van der Waals surface area contributed by atoms with Crippen LogP contribution < -0.4 is 10.1 Å². The van der Waals surface area contributed by atoms with Crippen LogP contribution >= 0.6 is 11.6 Å². The first kappa shape index (κ1) is 12.5. The molecule has 0 bridgehead atoms. The number of ether oxygens (including phenoxy) is 1. The molecule has 1 unspecified atom stereocenters. The standard InChI is InChI=1S/C13H16ClNO2S/c14-12-3-10-1-2-17-13(10)11(4-12)8-18(16)7-9-5-15-6-9/h3-4,9,15H,1-2,5-8H2. The van der Waals surface area contributed by atoms with Crippen molar-refractivity contribution in [3.63, 3.8) is 0 Å². The van der Waals surface area contributed by atoms with Crippen molar-refractivity contribution in [2.45, 2.75) is 12.2 Å². The number of fused-ring (bicyclic) bond motifs is 1. The highest BCUT2D eigenvalue weighted by Gasteiger charge is 2.22. The number of hydrogen-bond donors (Lipinski definition) is 1. The molecule has 5 heteroatoms. The van der Waals surface area contributed by atoms with Gasteiger partial charge < -0.3 is 10.1 Å². The smallest absolute Gasteiger partial charge is 0.126 e. The van der Waals surface area contributed by atoms with Crippen LogP contribution in [0.1, 0.15) is 11.1 Å². The van der Waals surface area contributed by atoms with E-state index in [1.165, 1.54) is 0 Å². The zero-order valence-corrected chi connectivity index (χ0v) is 11.6. The molecule has 0 spiro atoms. The predicted octanol–water partition coefficient (Wildman–Crippen LogP) is 1.74. The van der Waals surface area contributed by atoms with Gasteiger partial charge in [-0.3, -0.25) is 4.21 Å². The lowest BCUT2D eigenvalue weighted by Gasteiger charge is -2.26. The lowest BCUT2D eigenvalue weighted by molar-refractivity contribution is 0.354. The monoisotopic (exact) mass is 285 g/mol. The van der Waals surface area contributed by atoms with Crippen LogP contribution in [-0.2, 0) is 23.0 Å². The van der Waals surface area contributed by atoms with Gasteiger partial charge in [0, 0.05) is 46.6 Å². The Morgan fingerprint density at radius 2 is 2.28 bits per heavy atom. The zero-order valence-electron chi connectivity index (χ0n) is 10.1. The maximum atomic E-state index is 12.1. The van der Waals surface area contributed by atoms with Crippen LogP contribution in [0.4, 0.5) is 0 Å². The molecule has 1 fully saturated rings. The quantitative estimate of drug-likeness (QED) is 0.916. The van der Waals surface area contributed by atoms with Gasteiger partial charge in [-0.15, -0.1) is 0 Å². The van der Waals surface area contributed by atoms with Gasteiger partial charge in [-0.25, -0.2) is 0 Å². The number of benzene rings is 1. The van der Waals surface area contributed by atoms with Crippen molar-refractivity contribution in [1.82, 2.24) is 5.32 Å². The first-order chi connectivity index (χ1) is 8.72. The van der Waals surface area contributed by atoms with E-state index in [9.17, 15) is 4.21 Å². The van der Waals surface area contributed by atoms with Gasteiger partial charge in [0.15, 0.2) is 0 Å². The lowest BCUT2D eigenvalue weighted by Crippen LogP contribution is -2.44. The van der Waals surface area contributed by atoms with Gasteiger partial charge in [0.1, 0.15) is 5.75 Å². The molecule has 2 heterocycles. The molecule has 1 atom stereocenters.